The summed E-state index contributed by atoms with van der Waals surface area (Å²) in [4.78, 5) is 2.37. The van der Waals surface area contributed by atoms with Crippen molar-refractivity contribution in [2.75, 3.05) is 10.2 Å². The molecule has 1 N–H and O–H groups in total. The standard InChI is InChI=1S/C67H56BN3O2/c1-65(2,3)39-23-26-41(27-24-39)69-56-37-49-45-29-28-44(70(42-17-11-9-12-18-42)43-19-13-10-14-20-43)34-54(45)67(7,8)55(49)36-50(56)47-30-31-48-51-35-52-46-21-15-16-22-58(46)72-60(52)38-57(51)71-62(48)61(47)68-64-63(71)53-33-40(66(4,5)6)25-32-59(53)73-64/h9-38,68-69H,1-8H3. The van der Waals surface area contributed by atoms with Crippen molar-refractivity contribution >= 4 is 102 Å². The molecular formula is C67H56BN3O2. The van der Waals surface area contributed by atoms with Gasteiger partial charge < -0.3 is 23.6 Å². The smallest absolute Gasteiger partial charge is 0.244 e. The van der Waals surface area contributed by atoms with Gasteiger partial charge in [0.25, 0.3) is 0 Å². The molecule has 1 aliphatic heterocycles. The maximum absolute atomic E-state index is 7.04. The van der Waals surface area contributed by atoms with Gasteiger partial charge in [0.15, 0.2) is 0 Å². The number of fused-ring (bicyclic) bond motifs is 13. The van der Waals surface area contributed by atoms with Crippen LogP contribution in [0.2, 0.25) is 0 Å². The molecule has 6 heteroatoms. The second-order valence-electron chi connectivity index (χ2n) is 23.1. The highest BCUT2D eigenvalue weighted by atomic mass is 16.3. The monoisotopic (exact) mass is 945 g/mol. The third-order valence-electron chi connectivity index (χ3n) is 16.1. The molecule has 354 valence electrons. The minimum Gasteiger partial charge on any atom is -0.469 e. The Kier molecular flexibility index (Phi) is 9.19. The van der Waals surface area contributed by atoms with Gasteiger partial charge in [-0.3, -0.25) is 0 Å². The van der Waals surface area contributed by atoms with E-state index in [0.717, 1.165) is 83.8 Å². The van der Waals surface area contributed by atoms with Gasteiger partial charge in [-0.05, 0) is 140 Å². The van der Waals surface area contributed by atoms with Gasteiger partial charge in [0.05, 0.1) is 16.9 Å². The molecule has 0 fully saturated rings. The van der Waals surface area contributed by atoms with E-state index in [2.05, 4.69) is 246 Å². The molecule has 12 aromatic rings. The Morgan fingerprint density at radius 1 is 0.479 bits per heavy atom. The number of rotatable bonds is 6. The predicted octanol–water partition coefficient (Wildman–Crippen LogP) is 16.9. The van der Waals surface area contributed by atoms with E-state index in [4.69, 9.17) is 8.83 Å². The van der Waals surface area contributed by atoms with E-state index in [0.29, 0.717) is 7.28 Å². The van der Waals surface area contributed by atoms with Crippen LogP contribution in [0.5, 0.6) is 0 Å². The number of hydrogen-bond acceptors (Lipinski definition) is 4. The molecule has 14 rings (SSSR count). The van der Waals surface area contributed by atoms with Gasteiger partial charge in [-0.15, -0.1) is 0 Å². The fourth-order valence-electron chi connectivity index (χ4n) is 12.2. The van der Waals surface area contributed by atoms with E-state index < -0.39 is 0 Å². The summed E-state index contributed by atoms with van der Waals surface area (Å²) in [7, 11) is 0.648. The second kappa shape index (κ2) is 15.4. The topological polar surface area (TPSA) is 46.5 Å². The Morgan fingerprint density at radius 3 is 1.86 bits per heavy atom. The third-order valence-corrected chi connectivity index (χ3v) is 16.1. The first-order valence-corrected chi connectivity index (χ1v) is 25.8. The van der Waals surface area contributed by atoms with Crippen LogP contribution in [-0.2, 0) is 16.2 Å². The Morgan fingerprint density at radius 2 is 1.14 bits per heavy atom. The molecule has 1 aliphatic carbocycles. The summed E-state index contributed by atoms with van der Waals surface area (Å²) in [5.41, 5.74) is 23.6. The average Bonchev–Trinajstić information content (AvgIpc) is 4.10. The number of hydrogen-bond donors (Lipinski definition) is 1. The number of anilines is 5. The molecule has 0 saturated heterocycles. The summed E-state index contributed by atoms with van der Waals surface area (Å²) in [5, 5.41) is 9.84. The van der Waals surface area contributed by atoms with Crippen molar-refractivity contribution in [2.24, 2.45) is 0 Å². The SMILES string of the molecule is CC(C)(C)c1ccc(Nc2cc3c(cc2-c2ccc4c5cc6c(cc5n5c4c2Bc2oc4ccc(C(C)(C)C)cc4c2-5)oc2ccccc26)C(C)(C)c2cc(N(c4ccccc4)c4ccccc4)ccc2-3)cc1. The lowest BCUT2D eigenvalue weighted by Crippen LogP contribution is -2.36. The van der Waals surface area contributed by atoms with Crippen LogP contribution in [0.4, 0.5) is 28.4 Å². The molecule has 0 spiro atoms. The summed E-state index contributed by atoms with van der Waals surface area (Å²) in [6, 6.07) is 67.0. The minimum absolute atomic E-state index is 0.0329. The lowest BCUT2D eigenvalue weighted by molar-refractivity contribution is 0.590. The van der Waals surface area contributed by atoms with Gasteiger partial charge in [-0.1, -0.05) is 146 Å². The van der Waals surface area contributed by atoms with Crippen LogP contribution in [0.3, 0.4) is 0 Å². The largest absolute Gasteiger partial charge is 0.469 e. The number of nitrogens with one attached hydrogen (secondary N) is 1. The second-order valence-corrected chi connectivity index (χ2v) is 23.1. The first-order valence-electron chi connectivity index (χ1n) is 25.8. The van der Waals surface area contributed by atoms with Crippen LogP contribution >= 0.6 is 0 Å². The van der Waals surface area contributed by atoms with Crippen LogP contribution in [0.1, 0.15) is 77.6 Å². The summed E-state index contributed by atoms with van der Waals surface area (Å²) >= 11 is 0. The van der Waals surface area contributed by atoms with Gasteiger partial charge in [0, 0.05) is 77.9 Å². The number of aromatic nitrogens is 1. The predicted molar refractivity (Wildman–Crippen MR) is 309 cm³/mol. The molecule has 73 heavy (non-hydrogen) atoms. The van der Waals surface area contributed by atoms with Crippen molar-refractivity contribution in [3.05, 3.63) is 204 Å². The zero-order chi connectivity index (χ0) is 49.7. The normalized spacial score (nSPS) is 13.7. The average molecular weight is 946 g/mol. The van der Waals surface area contributed by atoms with Crippen molar-refractivity contribution in [2.45, 2.75) is 71.6 Å². The summed E-state index contributed by atoms with van der Waals surface area (Å²) in [6.45, 7) is 18.5. The lowest BCUT2D eigenvalue weighted by Gasteiger charge is -2.28. The fourth-order valence-corrected chi connectivity index (χ4v) is 12.2. The first kappa shape index (κ1) is 43.6. The molecule has 0 radical (unpaired) electrons. The van der Waals surface area contributed by atoms with E-state index in [1.54, 1.807) is 0 Å². The lowest BCUT2D eigenvalue weighted by atomic mass is 9.62. The molecule has 2 aliphatic rings. The summed E-state index contributed by atoms with van der Waals surface area (Å²) < 4.78 is 16.2. The zero-order valence-corrected chi connectivity index (χ0v) is 42.7. The molecule has 0 amide bonds. The van der Waals surface area contributed by atoms with Gasteiger partial charge >= 0.3 is 0 Å². The maximum Gasteiger partial charge on any atom is 0.244 e. The van der Waals surface area contributed by atoms with Gasteiger partial charge in [-0.2, -0.15) is 0 Å². The van der Waals surface area contributed by atoms with E-state index >= 15 is 0 Å². The van der Waals surface area contributed by atoms with E-state index in [1.807, 2.05) is 6.07 Å². The van der Waals surface area contributed by atoms with Crippen molar-refractivity contribution in [1.29, 1.82) is 0 Å². The number of para-hydroxylation sites is 3. The maximum atomic E-state index is 7.04. The van der Waals surface area contributed by atoms with E-state index in [9.17, 15) is 0 Å². The van der Waals surface area contributed by atoms with Crippen molar-refractivity contribution in [3.8, 4) is 27.9 Å². The Labute approximate surface area is 426 Å². The number of furan rings is 2. The Balaban J connectivity index is 1.01. The van der Waals surface area contributed by atoms with Crippen molar-refractivity contribution < 1.29 is 8.83 Å². The molecule has 5 nitrogen and oxygen atoms in total. The van der Waals surface area contributed by atoms with E-state index in [1.165, 1.54) is 60.7 Å². The molecule has 0 atom stereocenters. The fraction of sp³-hybridized carbons (Fsp3) is 0.164. The molecule has 9 aromatic carbocycles. The van der Waals surface area contributed by atoms with Crippen LogP contribution in [0.25, 0.3) is 82.7 Å². The number of nitrogens with zero attached hydrogens (tertiary/aromatic N) is 2. The number of benzene rings is 9. The minimum atomic E-state index is -0.314. The van der Waals surface area contributed by atoms with Crippen LogP contribution < -0.4 is 21.3 Å². The van der Waals surface area contributed by atoms with Crippen LogP contribution in [-0.4, -0.2) is 11.8 Å². The van der Waals surface area contributed by atoms with Crippen molar-refractivity contribution in [3.63, 3.8) is 0 Å². The summed E-state index contributed by atoms with van der Waals surface area (Å²) in [5.74, 6) is 0. The van der Waals surface area contributed by atoms with Gasteiger partial charge in [0.1, 0.15) is 16.7 Å². The van der Waals surface area contributed by atoms with Gasteiger partial charge in [-0.25, -0.2) is 0 Å². The molecule has 0 unspecified atom stereocenters. The van der Waals surface area contributed by atoms with Gasteiger partial charge in [0.2, 0.25) is 7.28 Å². The van der Waals surface area contributed by atoms with Crippen molar-refractivity contribution in [1.82, 2.24) is 4.57 Å². The Hall–Kier alpha value is -8.22. The quantitative estimate of drug-likeness (QED) is 0.169. The summed E-state index contributed by atoms with van der Waals surface area (Å²) in [6.07, 6.45) is 0. The highest BCUT2D eigenvalue weighted by Crippen LogP contribution is 2.54. The first-order chi connectivity index (χ1) is 35.2. The molecular weight excluding hydrogens is 890 g/mol. The molecule has 4 heterocycles. The molecule has 0 bridgehead atoms. The molecule has 0 saturated carbocycles. The highest BCUT2D eigenvalue weighted by molar-refractivity contribution is 6.73. The Bertz CT molecular complexity index is 4200. The molecule has 3 aromatic heterocycles. The van der Waals surface area contributed by atoms with Crippen LogP contribution in [0.15, 0.2) is 191 Å². The zero-order valence-electron chi connectivity index (χ0n) is 42.7. The van der Waals surface area contributed by atoms with Crippen LogP contribution in [0, 0.1) is 0 Å². The highest BCUT2D eigenvalue weighted by Gasteiger charge is 2.39. The third kappa shape index (κ3) is 6.62. The van der Waals surface area contributed by atoms with E-state index in [-0.39, 0.29) is 16.2 Å².